The Morgan fingerprint density at radius 1 is 1.12 bits per heavy atom. The molecule has 1 aliphatic rings. The molecule has 1 amide bonds. The molecule has 26 heavy (non-hydrogen) atoms. The van der Waals surface area contributed by atoms with Crippen molar-refractivity contribution in [2.45, 2.75) is 19.4 Å². The maximum absolute atomic E-state index is 12.5. The molecule has 2 aromatic carbocycles. The van der Waals surface area contributed by atoms with Gasteiger partial charge in [0.05, 0.1) is 17.4 Å². The van der Waals surface area contributed by atoms with Crippen LogP contribution in [0.1, 0.15) is 24.9 Å². The van der Waals surface area contributed by atoms with E-state index < -0.39 is 22.0 Å². The van der Waals surface area contributed by atoms with Crippen molar-refractivity contribution in [3.63, 3.8) is 0 Å². The first-order valence-corrected chi connectivity index (χ1v) is 10.2. The third kappa shape index (κ3) is 3.89. The van der Waals surface area contributed by atoms with E-state index in [2.05, 4.69) is 5.32 Å². The average molecular weight is 373 g/mol. The van der Waals surface area contributed by atoms with Gasteiger partial charge in [-0.25, -0.2) is 8.42 Å². The molecular formula is C19H23N3O3S. The number of rotatable bonds is 5. The van der Waals surface area contributed by atoms with Crippen LogP contribution in [0.25, 0.3) is 0 Å². The highest BCUT2D eigenvalue weighted by Crippen LogP contribution is 2.26. The Hall–Kier alpha value is -2.38. The minimum Gasteiger partial charge on any atom is -0.326 e. The number of carbonyl (C=O) groups is 1. The molecule has 0 radical (unpaired) electrons. The molecule has 1 fully saturated rings. The van der Waals surface area contributed by atoms with Gasteiger partial charge >= 0.3 is 0 Å². The second kappa shape index (κ2) is 7.47. The van der Waals surface area contributed by atoms with Crippen LogP contribution in [0, 0.1) is 5.92 Å². The van der Waals surface area contributed by atoms with Gasteiger partial charge in [-0.3, -0.25) is 9.10 Å². The number of hydrogen-bond donors (Lipinski definition) is 2. The fourth-order valence-corrected chi connectivity index (χ4v) is 4.59. The van der Waals surface area contributed by atoms with Crippen LogP contribution < -0.4 is 15.4 Å². The zero-order valence-electron chi connectivity index (χ0n) is 14.6. The molecule has 2 aromatic rings. The molecule has 1 saturated heterocycles. The Morgan fingerprint density at radius 2 is 1.77 bits per heavy atom. The van der Waals surface area contributed by atoms with Gasteiger partial charge in [0.1, 0.15) is 0 Å². The molecule has 1 aliphatic heterocycles. The lowest BCUT2D eigenvalue weighted by Gasteiger charge is -2.20. The van der Waals surface area contributed by atoms with E-state index in [0.29, 0.717) is 24.3 Å². The van der Waals surface area contributed by atoms with Crippen molar-refractivity contribution in [1.82, 2.24) is 0 Å². The molecule has 0 saturated carbocycles. The molecule has 1 heterocycles. The summed E-state index contributed by atoms with van der Waals surface area (Å²) in [4.78, 5) is 12.5. The van der Waals surface area contributed by atoms with Gasteiger partial charge in [0.15, 0.2) is 0 Å². The lowest BCUT2D eigenvalue weighted by molar-refractivity contribution is -0.120. The van der Waals surface area contributed by atoms with E-state index >= 15 is 0 Å². The Morgan fingerprint density at radius 3 is 2.35 bits per heavy atom. The van der Waals surface area contributed by atoms with Gasteiger partial charge in [-0.15, -0.1) is 0 Å². The fraction of sp³-hybridized carbons (Fsp3) is 0.316. The third-order valence-corrected chi connectivity index (χ3v) is 6.53. The van der Waals surface area contributed by atoms with Gasteiger partial charge in [0.2, 0.25) is 15.9 Å². The van der Waals surface area contributed by atoms with Crippen LogP contribution in [0.15, 0.2) is 54.6 Å². The molecule has 2 atom stereocenters. The quantitative estimate of drug-likeness (QED) is 0.842. The minimum atomic E-state index is -3.20. The highest BCUT2D eigenvalue weighted by Gasteiger charge is 2.28. The van der Waals surface area contributed by atoms with Gasteiger partial charge < -0.3 is 11.1 Å². The lowest BCUT2D eigenvalue weighted by atomic mass is 9.94. The summed E-state index contributed by atoms with van der Waals surface area (Å²) in [5, 5.41) is 2.84. The van der Waals surface area contributed by atoms with Crippen molar-refractivity contribution in [3.8, 4) is 0 Å². The van der Waals surface area contributed by atoms with Gasteiger partial charge in [0, 0.05) is 18.3 Å². The maximum atomic E-state index is 12.5. The molecule has 3 N–H and O–H groups in total. The highest BCUT2D eigenvalue weighted by atomic mass is 32.2. The van der Waals surface area contributed by atoms with E-state index in [0.717, 1.165) is 5.56 Å². The first-order chi connectivity index (χ1) is 12.4. The lowest BCUT2D eigenvalue weighted by Crippen LogP contribution is -2.30. The first kappa shape index (κ1) is 18.4. The predicted molar refractivity (Wildman–Crippen MR) is 103 cm³/mol. The zero-order valence-corrected chi connectivity index (χ0v) is 15.4. The highest BCUT2D eigenvalue weighted by molar-refractivity contribution is 7.93. The average Bonchev–Trinajstić information content (AvgIpc) is 3.01. The number of carbonyl (C=O) groups excluding carboxylic acids is 1. The number of anilines is 2. The predicted octanol–water partition coefficient (Wildman–Crippen LogP) is 2.50. The summed E-state index contributed by atoms with van der Waals surface area (Å²) in [6.07, 6.45) is 0.635. The summed E-state index contributed by atoms with van der Waals surface area (Å²) >= 11 is 0. The molecule has 0 bridgehead atoms. The summed E-state index contributed by atoms with van der Waals surface area (Å²) in [5.41, 5.74) is 8.34. The molecule has 7 heteroatoms. The van der Waals surface area contributed by atoms with Gasteiger partial charge in [0.25, 0.3) is 0 Å². The third-order valence-electron chi connectivity index (χ3n) is 4.66. The van der Waals surface area contributed by atoms with Crippen LogP contribution >= 0.6 is 0 Å². The summed E-state index contributed by atoms with van der Waals surface area (Å²) < 4.78 is 25.3. The molecule has 0 aliphatic carbocycles. The number of sulfonamides is 1. The van der Waals surface area contributed by atoms with Crippen LogP contribution in [0.3, 0.4) is 0 Å². The number of nitrogens with one attached hydrogen (secondary N) is 1. The fourth-order valence-electron chi connectivity index (χ4n) is 3.02. The monoisotopic (exact) mass is 373 g/mol. The summed E-state index contributed by atoms with van der Waals surface area (Å²) in [5.74, 6) is -0.403. The second-order valence-electron chi connectivity index (χ2n) is 6.50. The molecule has 0 spiro atoms. The first-order valence-electron chi connectivity index (χ1n) is 8.60. The summed E-state index contributed by atoms with van der Waals surface area (Å²) in [7, 11) is -3.20. The molecule has 0 aromatic heterocycles. The normalized spacial score (nSPS) is 18.3. The van der Waals surface area contributed by atoms with Gasteiger partial charge in [-0.2, -0.15) is 0 Å². The van der Waals surface area contributed by atoms with E-state index in [4.69, 9.17) is 5.73 Å². The number of nitrogens with zero attached hydrogens (tertiary/aromatic N) is 1. The van der Waals surface area contributed by atoms with Crippen molar-refractivity contribution in [3.05, 3.63) is 60.2 Å². The minimum absolute atomic E-state index is 0.178. The largest absolute Gasteiger partial charge is 0.326 e. The standard InChI is InChI=1S/C19H23N3O3S/c1-14(18(20)15-6-3-2-4-7-15)19(23)21-16-8-10-17(11-9-16)22-12-5-13-26(22,24)25/h2-4,6-11,14,18H,5,12-13,20H2,1H3,(H,21,23). The van der Waals surface area contributed by atoms with Gasteiger partial charge in [-0.05, 0) is 36.2 Å². The Balaban J connectivity index is 1.66. The number of amides is 1. The number of hydrogen-bond acceptors (Lipinski definition) is 4. The van der Waals surface area contributed by atoms with E-state index in [-0.39, 0.29) is 11.7 Å². The second-order valence-corrected chi connectivity index (χ2v) is 8.52. The molecule has 3 rings (SSSR count). The molecular weight excluding hydrogens is 350 g/mol. The zero-order chi connectivity index (χ0) is 18.7. The van der Waals surface area contributed by atoms with Crippen LogP contribution in [-0.2, 0) is 14.8 Å². The van der Waals surface area contributed by atoms with Crippen molar-refractivity contribution in [2.75, 3.05) is 21.9 Å². The topological polar surface area (TPSA) is 92.5 Å². The maximum Gasteiger partial charge on any atom is 0.235 e. The summed E-state index contributed by atoms with van der Waals surface area (Å²) in [6.45, 7) is 2.29. The van der Waals surface area contributed by atoms with Crippen molar-refractivity contribution in [1.29, 1.82) is 0 Å². The smallest absolute Gasteiger partial charge is 0.235 e. The van der Waals surface area contributed by atoms with E-state index in [1.807, 2.05) is 30.3 Å². The van der Waals surface area contributed by atoms with Crippen LogP contribution in [0.4, 0.5) is 11.4 Å². The summed E-state index contributed by atoms with van der Waals surface area (Å²) in [6, 6.07) is 15.9. The van der Waals surface area contributed by atoms with Crippen molar-refractivity contribution in [2.24, 2.45) is 11.7 Å². The van der Waals surface area contributed by atoms with Gasteiger partial charge in [-0.1, -0.05) is 37.3 Å². The number of benzene rings is 2. The van der Waals surface area contributed by atoms with E-state index in [9.17, 15) is 13.2 Å². The Labute approximate surface area is 154 Å². The molecule has 138 valence electrons. The van der Waals surface area contributed by atoms with Crippen LogP contribution in [0.2, 0.25) is 0 Å². The molecule has 6 nitrogen and oxygen atoms in total. The van der Waals surface area contributed by atoms with Crippen LogP contribution in [0.5, 0.6) is 0 Å². The van der Waals surface area contributed by atoms with Crippen LogP contribution in [-0.4, -0.2) is 26.6 Å². The van der Waals surface area contributed by atoms with Crippen molar-refractivity contribution >= 4 is 27.3 Å². The van der Waals surface area contributed by atoms with E-state index in [1.54, 1.807) is 31.2 Å². The molecule has 2 unspecified atom stereocenters. The van der Waals surface area contributed by atoms with E-state index in [1.165, 1.54) is 4.31 Å². The Kier molecular flexibility index (Phi) is 5.29. The SMILES string of the molecule is CC(C(=O)Nc1ccc(N2CCCS2(=O)=O)cc1)C(N)c1ccccc1. The van der Waals surface area contributed by atoms with Crippen molar-refractivity contribution < 1.29 is 13.2 Å². The Bertz CT molecular complexity index is 867. The number of nitrogens with two attached hydrogens (primary N) is 1.